The van der Waals surface area contributed by atoms with Crippen LogP contribution in [0.3, 0.4) is 0 Å². The third kappa shape index (κ3) is 1.44. The van der Waals surface area contributed by atoms with Crippen molar-refractivity contribution < 1.29 is 4.92 Å². The van der Waals surface area contributed by atoms with Crippen LogP contribution in [-0.2, 0) is 0 Å². The van der Waals surface area contributed by atoms with Gasteiger partial charge in [0.25, 0.3) is 11.2 Å². The lowest BCUT2D eigenvalue weighted by atomic mass is 10.1. The van der Waals surface area contributed by atoms with Crippen molar-refractivity contribution in [3.8, 4) is 11.1 Å². The fourth-order valence-electron chi connectivity index (χ4n) is 1.48. The number of nitro groups is 1. The number of H-pyrrole nitrogens is 2. The average molecular weight is 220 g/mol. The summed E-state index contributed by atoms with van der Waals surface area (Å²) in [5, 5.41) is 15.5. The molecule has 82 valence electrons. The van der Waals surface area contributed by atoms with Gasteiger partial charge in [0.2, 0.25) is 0 Å². The Hall–Kier alpha value is -2.57. The smallest absolute Gasteiger partial charge is 0.277 e. The highest BCUT2D eigenvalue weighted by Gasteiger charge is 2.19. The third-order valence-electron chi connectivity index (χ3n) is 2.18. The first kappa shape index (κ1) is 9.97. The number of nitrogens with zero attached hydrogens (tertiary/aromatic N) is 1. The van der Waals surface area contributed by atoms with E-state index in [2.05, 4.69) is 10.2 Å². The first-order chi connectivity index (χ1) is 7.61. The predicted octanol–water partition coefficient (Wildman–Crippen LogP) is 0.860. The Kier molecular flexibility index (Phi) is 2.20. The molecular formula is C9H8N4O3. The SMILES string of the molecule is Nc1[nH][nH]c(=O)c1-c1ccccc1[N+](=O)[O-]. The third-order valence-corrected chi connectivity index (χ3v) is 2.18. The predicted molar refractivity (Wildman–Crippen MR) is 57.9 cm³/mol. The Morgan fingerprint density at radius 2 is 1.94 bits per heavy atom. The van der Waals surface area contributed by atoms with Gasteiger partial charge in [0, 0.05) is 6.07 Å². The highest BCUT2D eigenvalue weighted by atomic mass is 16.6. The summed E-state index contributed by atoms with van der Waals surface area (Å²) in [5.74, 6) is 0.0827. The van der Waals surface area contributed by atoms with E-state index < -0.39 is 10.5 Å². The molecule has 2 rings (SSSR count). The Bertz CT molecular complexity index is 599. The van der Waals surface area contributed by atoms with Crippen LogP contribution in [0.15, 0.2) is 29.1 Å². The molecule has 7 nitrogen and oxygen atoms in total. The molecule has 0 spiro atoms. The Morgan fingerprint density at radius 1 is 1.25 bits per heavy atom. The number of hydrogen-bond donors (Lipinski definition) is 3. The fourth-order valence-corrected chi connectivity index (χ4v) is 1.48. The van der Waals surface area contributed by atoms with Gasteiger partial charge in [-0.15, -0.1) is 0 Å². The number of nitrogens with one attached hydrogen (secondary N) is 2. The van der Waals surface area contributed by atoms with Gasteiger partial charge in [0.05, 0.1) is 16.1 Å². The van der Waals surface area contributed by atoms with Crippen molar-refractivity contribution in [3.63, 3.8) is 0 Å². The lowest BCUT2D eigenvalue weighted by Crippen LogP contribution is -2.04. The molecule has 0 aliphatic heterocycles. The van der Waals surface area contributed by atoms with Gasteiger partial charge < -0.3 is 5.73 Å². The minimum atomic E-state index is -0.554. The van der Waals surface area contributed by atoms with Gasteiger partial charge in [-0.1, -0.05) is 12.1 Å². The lowest BCUT2D eigenvalue weighted by molar-refractivity contribution is -0.384. The maximum absolute atomic E-state index is 11.4. The molecule has 0 fully saturated rings. The van der Waals surface area contributed by atoms with E-state index in [0.29, 0.717) is 0 Å². The second-order valence-electron chi connectivity index (χ2n) is 3.14. The van der Waals surface area contributed by atoms with Crippen molar-refractivity contribution in [1.82, 2.24) is 10.2 Å². The second kappa shape index (κ2) is 3.54. The number of nitro benzene ring substituents is 1. The quantitative estimate of drug-likeness (QED) is 0.513. The summed E-state index contributed by atoms with van der Waals surface area (Å²) < 4.78 is 0. The molecule has 1 aromatic heterocycles. The van der Waals surface area contributed by atoms with E-state index in [-0.39, 0.29) is 22.6 Å². The van der Waals surface area contributed by atoms with Gasteiger partial charge in [-0.3, -0.25) is 25.1 Å². The molecule has 4 N–H and O–H groups in total. The second-order valence-corrected chi connectivity index (χ2v) is 3.14. The van der Waals surface area contributed by atoms with E-state index in [0.717, 1.165) is 0 Å². The van der Waals surface area contributed by atoms with Crippen LogP contribution in [0.2, 0.25) is 0 Å². The summed E-state index contributed by atoms with van der Waals surface area (Å²) in [6.45, 7) is 0. The molecule has 0 bridgehead atoms. The molecule has 2 aromatic rings. The minimum Gasteiger partial charge on any atom is -0.383 e. The van der Waals surface area contributed by atoms with Crippen LogP contribution in [-0.4, -0.2) is 15.1 Å². The van der Waals surface area contributed by atoms with Crippen LogP contribution in [0.4, 0.5) is 11.5 Å². The summed E-state index contributed by atoms with van der Waals surface area (Å²) in [5.41, 5.74) is 5.19. The Labute approximate surface area is 89.0 Å². The molecule has 0 saturated carbocycles. The number of benzene rings is 1. The first-order valence-corrected chi connectivity index (χ1v) is 4.41. The molecule has 1 aromatic carbocycles. The van der Waals surface area contributed by atoms with Crippen LogP contribution in [0, 0.1) is 10.1 Å². The molecule has 0 unspecified atom stereocenters. The number of rotatable bonds is 2. The normalized spacial score (nSPS) is 10.2. The maximum Gasteiger partial charge on any atom is 0.277 e. The van der Waals surface area contributed by atoms with E-state index in [4.69, 9.17) is 5.73 Å². The highest BCUT2D eigenvalue weighted by Crippen LogP contribution is 2.29. The highest BCUT2D eigenvalue weighted by molar-refractivity contribution is 5.79. The Balaban J connectivity index is 2.74. The van der Waals surface area contributed by atoms with Crippen molar-refractivity contribution >= 4 is 11.5 Å². The largest absolute Gasteiger partial charge is 0.383 e. The van der Waals surface area contributed by atoms with Crippen LogP contribution in [0.5, 0.6) is 0 Å². The van der Waals surface area contributed by atoms with Crippen LogP contribution in [0.1, 0.15) is 0 Å². The molecule has 0 atom stereocenters. The zero-order valence-corrected chi connectivity index (χ0v) is 8.06. The topological polar surface area (TPSA) is 118 Å². The molecule has 1 heterocycles. The molecule has 0 aliphatic carbocycles. The van der Waals surface area contributed by atoms with E-state index >= 15 is 0 Å². The number of hydrogen-bond acceptors (Lipinski definition) is 4. The number of nitrogens with two attached hydrogens (primary N) is 1. The Morgan fingerprint density at radius 3 is 2.50 bits per heavy atom. The van der Waals surface area contributed by atoms with E-state index in [1.54, 1.807) is 6.07 Å². The summed E-state index contributed by atoms with van der Waals surface area (Å²) in [6, 6.07) is 5.93. The van der Waals surface area contributed by atoms with Crippen LogP contribution >= 0.6 is 0 Å². The van der Waals surface area contributed by atoms with Crippen molar-refractivity contribution in [3.05, 3.63) is 44.7 Å². The number of anilines is 1. The van der Waals surface area contributed by atoms with Crippen molar-refractivity contribution in [2.24, 2.45) is 0 Å². The van der Waals surface area contributed by atoms with Gasteiger partial charge >= 0.3 is 0 Å². The van der Waals surface area contributed by atoms with Crippen LogP contribution in [0.25, 0.3) is 11.1 Å². The van der Waals surface area contributed by atoms with E-state index in [1.165, 1.54) is 18.2 Å². The summed E-state index contributed by atoms with van der Waals surface area (Å²) in [6.07, 6.45) is 0. The van der Waals surface area contributed by atoms with E-state index in [9.17, 15) is 14.9 Å². The molecule has 0 radical (unpaired) electrons. The maximum atomic E-state index is 11.4. The van der Waals surface area contributed by atoms with Gasteiger partial charge in [-0.05, 0) is 6.07 Å². The zero-order chi connectivity index (χ0) is 11.7. The van der Waals surface area contributed by atoms with Gasteiger partial charge in [0.1, 0.15) is 5.82 Å². The van der Waals surface area contributed by atoms with Crippen molar-refractivity contribution in [2.75, 3.05) is 5.73 Å². The zero-order valence-electron chi connectivity index (χ0n) is 8.06. The number of nitrogen functional groups attached to an aromatic ring is 1. The average Bonchev–Trinajstić information content (AvgIpc) is 2.58. The molecule has 16 heavy (non-hydrogen) atoms. The molecule has 0 aliphatic rings. The van der Waals surface area contributed by atoms with Gasteiger partial charge in [0.15, 0.2) is 0 Å². The lowest BCUT2D eigenvalue weighted by Gasteiger charge is -1.99. The van der Waals surface area contributed by atoms with Crippen LogP contribution < -0.4 is 11.3 Å². The monoisotopic (exact) mass is 220 g/mol. The standard InChI is InChI=1S/C9H8N4O3/c10-8-7(9(14)12-11-8)5-3-1-2-4-6(5)13(15)16/h1-4H,(H4,10,11,12,14). The van der Waals surface area contributed by atoms with E-state index in [1.807, 2.05) is 0 Å². The summed E-state index contributed by atoms with van der Waals surface area (Å²) in [4.78, 5) is 21.7. The van der Waals surface area contributed by atoms with Gasteiger partial charge in [-0.2, -0.15) is 0 Å². The van der Waals surface area contributed by atoms with Gasteiger partial charge in [-0.25, -0.2) is 0 Å². The summed E-state index contributed by atoms with van der Waals surface area (Å²) >= 11 is 0. The fraction of sp³-hybridized carbons (Fsp3) is 0. The minimum absolute atomic E-state index is 0.0827. The molecule has 0 amide bonds. The van der Waals surface area contributed by atoms with Crippen molar-refractivity contribution in [2.45, 2.75) is 0 Å². The van der Waals surface area contributed by atoms with Crippen molar-refractivity contribution in [1.29, 1.82) is 0 Å². The molecule has 7 heteroatoms. The number of para-hydroxylation sites is 1. The number of aromatic nitrogens is 2. The molecule has 0 saturated heterocycles. The number of aromatic amines is 2. The molecular weight excluding hydrogens is 212 g/mol. The first-order valence-electron chi connectivity index (χ1n) is 4.41. The summed E-state index contributed by atoms with van der Waals surface area (Å²) in [7, 11) is 0.